The molecule has 0 spiro atoms. The Morgan fingerprint density at radius 1 is 0.495 bits per heavy atom. The topological polar surface area (TPSA) is 569 Å². The van der Waals surface area contributed by atoms with Gasteiger partial charge in [-0.25, -0.2) is 9.59 Å². The number of aliphatic hydroxyl groups is 16. The van der Waals surface area contributed by atoms with Gasteiger partial charge >= 0.3 is 11.9 Å². The molecule has 0 aromatic heterocycles. The normalized spacial score (nSPS) is 30.7. The highest BCUT2D eigenvalue weighted by Gasteiger charge is 2.61. The molecule has 111 heavy (non-hydrogen) atoms. The van der Waals surface area contributed by atoms with Gasteiger partial charge in [-0.1, -0.05) is 213 Å². The van der Waals surface area contributed by atoms with Gasteiger partial charge in [-0.3, -0.25) is 14.4 Å². The Kier molecular flexibility index (Phi) is 48.2. The molecule has 0 unspecified atom stereocenters. The highest BCUT2D eigenvalue weighted by molar-refractivity contribution is 5.81. The minimum atomic E-state index is -3.39. The van der Waals surface area contributed by atoms with E-state index in [-0.39, 0.29) is 12.8 Å². The van der Waals surface area contributed by atoms with Gasteiger partial charge < -0.3 is 150 Å². The first-order valence-corrected chi connectivity index (χ1v) is 40.8. The summed E-state index contributed by atoms with van der Waals surface area (Å²) in [7, 11) is 1.06. The molecule has 0 radical (unpaired) electrons. The number of ether oxygens (including phenoxy) is 9. The Labute approximate surface area is 652 Å². The first kappa shape index (κ1) is 99.7. The number of unbranched alkanes of at least 4 members (excludes halogenated alkanes) is 29. The quantitative estimate of drug-likeness (QED) is 0.0359. The number of hydrogen-bond donors (Lipinski definition) is 21. The Balaban J connectivity index is 1.45. The second kappa shape index (κ2) is 53.6. The van der Waals surface area contributed by atoms with E-state index >= 15 is 0 Å². The summed E-state index contributed by atoms with van der Waals surface area (Å²) >= 11 is 0. The highest BCUT2D eigenvalue weighted by Crippen LogP contribution is 2.40. The van der Waals surface area contributed by atoms with Crippen LogP contribution in [-0.4, -0.2) is 327 Å². The zero-order chi connectivity index (χ0) is 82.2. The molecule has 21 N–H and O–H groups in total. The highest BCUT2D eigenvalue weighted by atomic mass is 16.8. The van der Waals surface area contributed by atoms with Crippen LogP contribution in [0.25, 0.3) is 0 Å². The van der Waals surface area contributed by atoms with Gasteiger partial charge in [0.25, 0.3) is 11.6 Å². The zero-order valence-corrected chi connectivity index (χ0v) is 65.6. The van der Waals surface area contributed by atoms with Crippen molar-refractivity contribution in [3.8, 4) is 0 Å². The molecule has 0 saturated carbocycles. The number of carbonyl (C=O) groups is 5. The molecule has 0 aromatic rings. The standard InChI is InChI=1S/C76H139N3O32/c1-5-7-9-11-13-15-17-19-20-21-22-23-24-25-27-29-31-33-35-37-49(86)70(98)78-47(59(91)48(85)36-34-32-30-28-26-18-16-14-12-10-8-6-2)44-104-71-64(96)63(95)66(55(43-83)107-71)108-72-65(97)69(62(94)54(42-82)106-72)111-76(74(101)102)39-51(88)58(67(110-76)60(92)52(89)40-80)79-56(90)45-105-75(73(99)100)38-50(87)57(77-46(3)84)68(109-75)61(93)53(41-81)103-4/h47-55,57-69,71-72,80-83,85-89,91-97H,5-45H2,1-4H3,(H,77,84)(H,78,98)(H,79,90)(H,99,100)(H,101,102)/t47-,48+,49+,50-,51-,52-,53-,54+,55+,57+,58+,59-,60-,61-,62-,63+,64+,65+,66+,67+,68+,69-,71+,72-,75+,76-/m0/s1. The van der Waals surface area contributed by atoms with E-state index in [1.54, 1.807) is 0 Å². The molecule has 4 aliphatic heterocycles. The van der Waals surface area contributed by atoms with Crippen molar-refractivity contribution >= 4 is 29.7 Å². The number of rotatable bonds is 60. The van der Waals surface area contributed by atoms with E-state index in [1.165, 1.54) is 122 Å². The molecule has 0 aromatic carbocycles. The van der Waals surface area contributed by atoms with E-state index in [1.807, 2.05) is 0 Å². The molecule has 4 rings (SSSR count). The van der Waals surface area contributed by atoms with Gasteiger partial charge in [-0.15, -0.1) is 0 Å². The monoisotopic (exact) mass is 1610 g/mol. The lowest BCUT2D eigenvalue weighted by Crippen LogP contribution is -2.71. The van der Waals surface area contributed by atoms with Crippen molar-refractivity contribution < 1.29 is 159 Å². The van der Waals surface area contributed by atoms with Crippen molar-refractivity contribution in [2.24, 2.45) is 0 Å². The summed E-state index contributed by atoms with van der Waals surface area (Å²) < 4.78 is 50.9. The van der Waals surface area contributed by atoms with E-state index in [0.717, 1.165) is 78.2 Å². The van der Waals surface area contributed by atoms with Crippen LogP contribution in [0.3, 0.4) is 0 Å². The number of hydrogen-bond acceptors (Lipinski definition) is 30. The van der Waals surface area contributed by atoms with Crippen LogP contribution in [0.2, 0.25) is 0 Å². The number of nitrogens with one attached hydrogen (secondary N) is 3. The van der Waals surface area contributed by atoms with Gasteiger partial charge in [0.15, 0.2) is 12.6 Å². The first-order chi connectivity index (χ1) is 53.1. The fourth-order valence-electron chi connectivity index (χ4n) is 14.8. The van der Waals surface area contributed by atoms with Gasteiger partial charge in [-0.2, -0.15) is 0 Å². The Bertz CT molecular complexity index is 2550. The average molecular weight is 1610 g/mol. The number of aliphatic carboxylic acids is 2. The number of methoxy groups -OCH3 is 1. The molecule has 4 heterocycles. The van der Waals surface area contributed by atoms with Gasteiger partial charge in [-0.05, 0) is 12.8 Å². The van der Waals surface area contributed by atoms with Crippen LogP contribution in [0.5, 0.6) is 0 Å². The summed E-state index contributed by atoms with van der Waals surface area (Å²) in [6, 6.07) is -5.11. The molecule has 650 valence electrons. The number of carbonyl (C=O) groups excluding carboxylic acids is 3. The third-order valence-electron chi connectivity index (χ3n) is 21.6. The molecule has 4 aliphatic rings. The minimum Gasteiger partial charge on any atom is -0.477 e. The van der Waals surface area contributed by atoms with Crippen LogP contribution in [0.4, 0.5) is 0 Å². The third kappa shape index (κ3) is 32.3. The van der Waals surface area contributed by atoms with E-state index < -0.39 is 240 Å². The zero-order valence-electron chi connectivity index (χ0n) is 65.6. The number of carboxylic acids is 2. The largest absolute Gasteiger partial charge is 0.477 e. The Hall–Kier alpha value is -3.65. The van der Waals surface area contributed by atoms with E-state index in [0.29, 0.717) is 12.8 Å². The summed E-state index contributed by atoms with van der Waals surface area (Å²) in [5.74, 6) is -13.7. The number of amides is 3. The SMILES string of the molecule is CCCCCCCCCCCCCCCCCCCCC[C@@H](O)C(=O)N[C@@H](CO[C@@H]1O[C@H](CO)[C@@H](O[C@@H]2O[C@H](CO)[C@H](O)[C@H](O[C@]3(C(=O)O)C[C@H](O)[C@@H](NC(=O)CO[C@]4(C(=O)O)C[C@H](O)[C@@H](NC(C)=O)[C@H]([C@@H](O)[C@H](CO)OC)O4)[C@H]([C@@H](O)[C@@H](O)CO)O3)[C@H]2O)[C@H](O)[C@H]1O)[C@H](O)[C@H](O)CCCCCCCCCCCCCC. The third-order valence-corrected chi connectivity index (χ3v) is 21.6. The molecule has 0 aliphatic carbocycles. The van der Waals surface area contributed by atoms with Gasteiger partial charge in [0.05, 0.1) is 69.5 Å². The summed E-state index contributed by atoms with van der Waals surface area (Å²) in [5.41, 5.74) is 0. The molecule has 4 saturated heterocycles. The summed E-state index contributed by atoms with van der Waals surface area (Å²) in [5, 5.41) is 206. The maximum atomic E-state index is 13.8. The molecule has 3 amide bonds. The summed E-state index contributed by atoms with van der Waals surface area (Å²) in [6.07, 6.45) is -9.90. The fourth-order valence-corrected chi connectivity index (χ4v) is 14.8. The van der Waals surface area contributed by atoms with Crippen LogP contribution < -0.4 is 16.0 Å². The van der Waals surface area contributed by atoms with Gasteiger partial charge in [0.2, 0.25) is 17.7 Å². The Morgan fingerprint density at radius 3 is 1.39 bits per heavy atom. The predicted molar refractivity (Wildman–Crippen MR) is 395 cm³/mol. The van der Waals surface area contributed by atoms with Gasteiger partial charge in [0.1, 0.15) is 104 Å². The van der Waals surface area contributed by atoms with E-state index in [2.05, 4.69) is 29.8 Å². The van der Waals surface area contributed by atoms with Crippen LogP contribution in [-0.2, 0) is 66.6 Å². The molecule has 26 atom stereocenters. The maximum Gasteiger partial charge on any atom is 0.364 e. The minimum absolute atomic E-state index is 0.0898. The molecule has 35 nitrogen and oxygen atoms in total. The average Bonchev–Trinajstić information content (AvgIpc) is 0.751. The fraction of sp³-hybridized carbons (Fsp3) is 0.934. The van der Waals surface area contributed by atoms with Crippen molar-refractivity contribution in [2.75, 3.05) is 46.8 Å². The molecule has 35 heteroatoms. The second-order valence-corrected chi connectivity index (χ2v) is 30.6. The molecular weight excluding hydrogens is 1470 g/mol. The van der Waals surface area contributed by atoms with Crippen molar-refractivity contribution in [1.82, 2.24) is 16.0 Å². The van der Waals surface area contributed by atoms with Crippen molar-refractivity contribution in [1.29, 1.82) is 0 Å². The van der Waals surface area contributed by atoms with Crippen molar-refractivity contribution in [3.05, 3.63) is 0 Å². The second-order valence-electron chi connectivity index (χ2n) is 30.6. The summed E-state index contributed by atoms with van der Waals surface area (Å²) in [6.45, 7) is -1.05. The van der Waals surface area contributed by atoms with Crippen molar-refractivity contribution in [3.63, 3.8) is 0 Å². The Morgan fingerprint density at radius 2 is 0.937 bits per heavy atom. The van der Waals surface area contributed by atoms with Crippen LogP contribution >= 0.6 is 0 Å². The lowest BCUT2D eigenvalue weighted by molar-refractivity contribution is -0.386. The summed E-state index contributed by atoms with van der Waals surface area (Å²) in [4.78, 5) is 65.9. The smallest absolute Gasteiger partial charge is 0.364 e. The van der Waals surface area contributed by atoms with E-state index in [4.69, 9.17) is 42.6 Å². The number of carboxylic acid groups (broad SMARTS) is 2. The van der Waals surface area contributed by atoms with E-state index in [9.17, 15) is 116 Å². The van der Waals surface area contributed by atoms with Crippen molar-refractivity contribution in [2.45, 2.75) is 404 Å². The lowest BCUT2D eigenvalue weighted by Gasteiger charge is -2.50. The van der Waals surface area contributed by atoms with Crippen LogP contribution in [0, 0.1) is 0 Å². The molecule has 4 fully saturated rings. The molecule has 0 bridgehead atoms. The predicted octanol–water partition coefficient (Wildman–Crippen LogP) is 0.0818. The number of aliphatic hydroxyl groups excluding tert-OH is 16. The lowest BCUT2D eigenvalue weighted by atomic mass is 9.88. The maximum absolute atomic E-state index is 13.8. The van der Waals surface area contributed by atoms with Crippen LogP contribution in [0.15, 0.2) is 0 Å². The molecular formula is C76H139N3O32. The van der Waals surface area contributed by atoms with Gasteiger partial charge in [0, 0.05) is 26.9 Å². The first-order valence-electron chi connectivity index (χ1n) is 40.8. The van der Waals surface area contributed by atoms with Crippen LogP contribution in [0.1, 0.15) is 245 Å².